The average Bonchev–Trinajstić information content (AvgIpc) is 2.96. The molecule has 7 nitrogen and oxygen atoms in total. The second-order valence-corrected chi connectivity index (χ2v) is 3.47. The fraction of sp³-hybridized carbons (Fsp3) is 0.444. The Balaban J connectivity index is 2.01. The van der Waals surface area contributed by atoms with E-state index in [4.69, 9.17) is 10.8 Å². The van der Waals surface area contributed by atoms with Gasteiger partial charge in [0.2, 0.25) is 0 Å². The van der Waals surface area contributed by atoms with Crippen LogP contribution in [0.15, 0.2) is 24.9 Å². The minimum atomic E-state index is -0.391. The second-order valence-electron chi connectivity index (χ2n) is 3.47. The Bertz CT molecular complexity index is 423. The zero-order valence-electron chi connectivity index (χ0n) is 8.77. The summed E-state index contributed by atoms with van der Waals surface area (Å²) in [5.41, 5.74) is 6.56. The van der Waals surface area contributed by atoms with Crippen LogP contribution in [0.4, 0.5) is 0 Å². The molecule has 0 bridgehead atoms. The molecule has 0 aliphatic rings. The summed E-state index contributed by atoms with van der Waals surface area (Å²) in [6.07, 6.45) is 6.79. The van der Waals surface area contributed by atoms with Crippen molar-refractivity contribution in [2.75, 3.05) is 6.61 Å². The maximum atomic E-state index is 8.99. The highest BCUT2D eigenvalue weighted by Gasteiger charge is 2.09. The molecule has 0 amide bonds. The number of aliphatic hydroxyl groups excluding tert-OH is 1. The van der Waals surface area contributed by atoms with Crippen molar-refractivity contribution < 1.29 is 5.11 Å². The Labute approximate surface area is 92.5 Å². The zero-order valence-corrected chi connectivity index (χ0v) is 8.77. The predicted molar refractivity (Wildman–Crippen MR) is 56.3 cm³/mol. The normalized spacial score (nSPS) is 12.9. The van der Waals surface area contributed by atoms with Gasteiger partial charge in [-0.05, 0) is 0 Å². The number of hydrogen-bond acceptors (Lipinski definition) is 5. The molecule has 0 aromatic carbocycles. The lowest BCUT2D eigenvalue weighted by Crippen LogP contribution is -2.20. The summed E-state index contributed by atoms with van der Waals surface area (Å²) in [7, 11) is 0. The Morgan fingerprint density at radius 2 is 2.31 bits per heavy atom. The minimum absolute atomic E-state index is 0.0883. The molecule has 0 saturated carbocycles. The van der Waals surface area contributed by atoms with Crippen LogP contribution in [-0.2, 0) is 13.1 Å². The highest BCUT2D eigenvalue weighted by Crippen LogP contribution is 2.08. The third kappa shape index (κ3) is 2.26. The highest BCUT2D eigenvalue weighted by molar-refractivity contribution is 5.04. The summed E-state index contributed by atoms with van der Waals surface area (Å²) in [5, 5.41) is 16.6. The summed E-state index contributed by atoms with van der Waals surface area (Å²) in [6, 6.07) is -0.391. The van der Waals surface area contributed by atoms with E-state index in [1.165, 1.54) is 0 Å². The third-order valence-corrected chi connectivity index (χ3v) is 2.36. The van der Waals surface area contributed by atoms with Gasteiger partial charge in [0.15, 0.2) is 0 Å². The molecule has 1 atom stereocenters. The summed E-state index contributed by atoms with van der Waals surface area (Å²) in [5.74, 6) is 0. The molecule has 2 rings (SSSR count). The number of hydrogen-bond donors (Lipinski definition) is 2. The molecular weight excluding hydrogens is 208 g/mol. The number of imidazole rings is 1. The molecule has 16 heavy (non-hydrogen) atoms. The average molecular weight is 222 g/mol. The van der Waals surface area contributed by atoms with E-state index in [2.05, 4.69) is 15.3 Å². The predicted octanol–water partition coefficient (Wildman–Crippen LogP) is -0.833. The largest absolute Gasteiger partial charge is 0.394 e. The van der Waals surface area contributed by atoms with Gasteiger partial charge < -0.3 is 15.4 Å². The van der Waals surface area contributed by atoms with Crippen molar-refractivity contribution in [3.63, 3.8) is 0 Å². The van der Waals surface area contributed by atoms with Gasteiger partial charge in [0.1, 0.15) is 0 Å². The van der Waals surface area contributed by atoms with E-state index in [1.807, 2.05) is 4.57 Å². The van der Waals surface area contributed by atoms with Crippen LogP contribution in [-0.4, -0.2) is 36.3 Å². The number of nitrogens with two attached hydrogens (primary N) is 1. The maximum Gasteiger partial charge on any atom is 0.0949 e. The summed E-state index contributed by atoms with van der Waals surface area (Å²) >= 11 is 0. The van der Waals surface area contributed by atoms with E-state index in [-0.39, 0.29) is 6.61 Å². The Kier molecular flexibility index (Phi) is 3.28. The fourth-order valence-electron chi connectivity index (χ4n) is 1.48. The van der Waals surface area contributed by atoms with Crippen molar-refractivity contribution in [2.45, 2.75) is 19.1 Å². The topological polar surface area (TPSA) is 94.8 Å². The molecular formula is C9H14N6O. The highest BCUT2D eigenvalue weighted by atomic mass is 16.3. The number of aromatic nitrogens is 5. The van der Waals surface area contributed by atoms with E-state index in [1.54, 1.807) is 29.6 Å². The first-order valence-electron chi connectivity index (χ1n) is 5.02. The molecule has 0 fully saturated rings. The van der Waals surface area contributed by atoms with Gasteiger partial charge in [0, 0.05) is 18.9 Å². The molecule has 1 unspecified atom stereocenters. The molecule has 7 heteroatoms. The van der Waals surface area contributed by atoms with Gasteiger partial charge in [0.05, 0.1) is 37.4 Å². The quantitative estimate of drug-likeness (QED) is 0.688. The lowest BCUT2D eigenvalue weighted by Gasteiger charge is -2.12. The fourth-order valence-corrected chi connectivity index (χ4v) is 1.48. The first kappa shape index (κ1) is 10.8. The van der Waals surface area contributed by atoms with Gasteiger partial charge in [-0.3, -0.25) is 4.68 Å². The van der Waals surface area contributed by atoms with Crippen LogP contribution in [0.3, 0.4) is 0 Å². The monoisotopic (exact) mass is 222 g/mol. The van der Waals surface area contributed by atoms with Crippen LogP contribution >= 0.6 is 0 Å². The minimum Gasteiger partial charge on any atom is -0.394 e. The second kappa shape index (κ2) is 4.86. The SMILES string of the molecule is NC(CO)c1cncn1CCn1ccnn1. The van der Waals surface area contributed by atoms with Crippen LogP contribution in [0, 0.1) is 0 Å². The molecule has 2 aromatic rings. The third-order valence-electron chi connectivity index (χ3n) is 2.36. The standard InChI is InChI=1S/C9H14N6O/c10-8(6-16)9-5-11-7-14(9)3-4-15-2-1-12-13-15/h1-2,5,7-8,16H,3-4,6,10H2. The van der Waals surface area contributed by atoms with Gasteiger partial charge in [-0.15, -0.1) is 5.10 Å². The van der Waals surface area contributed by atoms with Gasteiger partial charge in [-0.2, -0.15) is 0 Å². The van der Waals surface area contributed by atoms with E-state index in [0.29, 0.717) is 13.1 Å². The van der Waals surface area contributed by atoms with Crippen molar-refractivity contribution >= 4 is 0 Å². The Morgan fingerprint density at radius 3 is 3.00 bits per heavy atom. The van der Waals surface area contributed by atoms with Crippen molar-refractivity contribution in [3.8, 4) is 0 Å². The molecule has 86 valence electrons. The van der Waals surface area contributed by atoms with Crippen LogP contribution in [0.5, 0.6) is 0 Å². The molecule has 0 aliphatic carbocycles. The molecule has 0 radical (unpaired) electrons. The smallest absolute Gasteiger partial charge is 0.0949 e. The molecule has 0 spiro atoms. The summed E-state index contributed by atoms with van der Waals surface area (Å²) in [6.45, 7) is 1.31. The Morgan fingerprint density at radius 1 is 1.44 bits per heavy atom. The lowest BCUT2D eigenvalue weighted by atomic mass is 10.2. The van der Waals surface area contributed by atoms with E-state index in [9.17, 15) is 0 Å². The number of rotatable bonds is 5. The van der Waals surface area contributed by atoms with Gasteiger partial charge >= 0.3 is 0 Å². The first-order chi connectivity index (χ1) is 7.81. The molecule has 0 saturated heterocycles. The van der Waals surface area contributed by atoms with Crippen molar-refractivity contribution in [1.82, 2.24) is 24.5 Å². The van der Waals surface area contributed by atoms with Crippen LogP contribution in [0.2, 0.25) is 0 Å². The summed E-state index contributed by atoms with van der Waals surface area (Å²) in [4.78, 5) is 4.02. The number of nitrogens with zero attached hydrogens (tertiary/aromatic N) is 5. The number of aliphatic hydroxyl groups is 1. The number of aryl methyl sites for hydroxylation is 2. The van der Waals surface area contributed by atoms with Crippen molar-refractivity contribution in [2.24, 2.45) is 5.73 Å². The first-order valence-corrected chi connectivity index (χ1v) is 5.02. The molecule has 3 N–H and O–H groups in total. The molecule has 2 heterocycles. The van der Waals surface area contributed by atoms with Gasteiger partial charge in [0.25, 0.3) is 0 Å². The van der Waals surface area contributed by atoms with Crippen LogP contribution < -0.4 is 5.73 Å². The van der Waals surface area contributed by atoms with Crippen LogP contribution in [0.25, 0.3) is 0 Å². The molecule has 0 aliphatic heterocycles. The van der Waals surface area contributed by atoms with E-state index >= 15 is 0 Å². The maximum absolute atomic E-state index is 8.99. The Hall–Kier alpha value is -1.73. The van der Waals surface area contributed by atoms with Gasteiger partial charge in [-0.1, -0.05) is 5.21 Å². The lowest BCUT2D eigenvalue weighted by molar-refractivity contribution is 0.262. The van der Waals surface area contributed by atoms with Crippen molar-refractivity contribution in [3.05, 3.63) is 30.6 Å². The van der Waals surface area contributed by atoms with E-state index < -0.39 is 6.04 Å². The van der Waals surface area contributed by atoms with Crippen LogP contribution in [0.1, 0.15) is 11.7 Å². The zero-order chi connectivity index (χ0) is 11.4. The van der Waals surface area contributed by atoms with Gasteiger partial charge in [-0.25, -0.2) is 4.98 Å². The van der Waals surface area contributed by atoms with Crippen molar-refractivity contribution in [1.29, 1.82) is 0 Å². The molecule has 2 aromatic heterocycles. The summed E-state index contributed by atoms with van der Waals surface area (Å²) < 4.78 is 3.64. The van der Waals surface area contributed by atoms with E-state index in [0.717, 1.165) is 5.69 Å².